The highest BCUT2D eigenvalue weighted by atomic mass is 35.5. The number of nitrogens with two attached hydrogens (primary N) is 1. The van der Waals surface area contributed by atoms with Gasteiger partial charge in [0.2, 0.25) is 0 Å². The van der Waals surface area contributed by atoms with Crippen LogP contribution in [0, 0.1) is 0 Å². The Morgan fingerprint density at radius 2 is 1.94 bits per heavy atom. The highest BCUT2D eigenvalue weighted by Crippen LogP contribution is 2.18. The van der Waals surface area contributed by atoms with Crippen LogP contribution in [0.5, 0.6) is 5.75 Å². The Morgan fingerprint density at radius 1 is 1.31 bits per heavy atom. The molecule has 0 spiro atoms. The van der Waals surface area contributed by atoms with Gasteiger partial charge in [-0.05, 0) is 30.5 Å². The Bertz CT molecular complexity index is 277. The van der Waals surface area contributed by atoms with E-state index in [1.54, 1.807) is 0 Å². The molecule has 0 amide bonds. The van der Waals surface area contributed by atoms with Gasteiger partial charge in [-0.3, -0.25) is 0 Å². The molecule has 1 aromatic rings. The van der Waals surface area contributed by atoms with Gasteiger partial charge < -0.3 is 15.6 Å². The zero-order chi connectivity index (χ0) is 11.1. The first-order valence-electron chi connectivity index (χ1n) is 5.37. The molecule has 0 heterocycles. The number of halogens is 1. The minimum atomic E-state index is -0.0878. The molecule has 1 atom stereocenters. The number of hydrogen-bond donors (Lipinski definition) is 2. The lowest BCUT2D eigenvalue weighted by Crippen LogP contribution is -2.11. The van der Waals surface area contributed by atoms with Crippen molar-refractivity contribution in [3.05, 3.63) is 29.8 Å². The lowest BCUT2D eigenvalue weighted by Gasteiger charge is -2.11. The number of hydrogen-bond acceptors (Lipinski definition) is 3. The predicted octanol–water partition coefficient (Wildman–Crippen LogP) is 2.28. The smallest absolute Gasteiger partial charge is 0.119 e. The summed E-state index contributed by atoms with van der Waals surface area (Å²) in [5.74, 6) is 0.872. The Labute approximate surface area is 103 Å². The summed E-state index contributed by atoms with van der Waals surface area (Å²) < 4.78 is 5.46. The summed E-state index contributed by atoms with van der Waals surface area (Å²) >= 11 is 0. The van der Waals surface area contributed by atoms with Gasteiger partial charge in [0.1, 0.15) is 5.75 Å². The molecule has 1 unspecified atom stereocenters. The molecule has 1 aromatic carbocycles. The molecule has 4 heteroatoms. The van der Waals surface area contributed by atoms with E-state index in [4.69, 9.17) is 15.6 Å². The van der Waals surface area contributed by atoms with E-state index >= 15 is 0 Å². The Hall–Kier alpha value is -0.770. The molecule has 0 bridgehead atoms. The van der Waals surface area contributed by atoms with Crippen molar-refractivity contribution in [3.8, 4) is 5.75 Å². The van der Waals surface area contributed by atoms with Gasteiger partial charge in [-0.1, -0.05) is 19.1 Å². The first-order chi connectivity index (χ1) is 7.27. The van der Waals surface area contributed by atoms with Crippen LogP contribution in [-0.4, -0.2) is 18.3 Å². The maximum Gasteiger partial charge on any atom is 0.119 e. The third kappa shape index (κ3) is 4.84. The second kappa shape index (κ2) is 8.39. The van der Waals surface area contributed by atoms with E-state index in [0.29, 0.717) is 6.42 Å². The summed E-state index contributed by atoms with van der Waals surface area (Å²) in [7, 11) is 0. The maximum absolute atomic E-state index is 8.76. The standard InChI is InChI=1S/C12H19NO2.ClH/c1-2-9-15-11-5-3-10(4-6-11)12(13)7-8-14;/h3-6,12,14H,2,7-9,13H2,1H3;1H. The molecule has 0 fully saturated rings. The van der Waals surface area contributed by atoms with Crippen molar-refractivity contribution in [3.63, 3.8) is 0 Å². The fraction of sp³-hybridized carbons (Fsp3) is 0.500. The Balaban J connectivity index is 0.00000225. The Morgan fingerprint density at radius 3 is 2.44 bits per heavy atom. The molecule has 3 nitrogen and oxygen atoms in total. The van der Waals surface area contributed by atoms with Crippen molar-refractivity contribution in [2.75, 3.05) is 13.2 Å². The molecule has 0 aromatic heterocycles. The van der Waals surface area contributed by atoms with Crippen LogP contribution in [0.4, 0.5) is 0 Å². The average Bonchev–Trinajstić information content (AvgIpc) is 2.27. The van der Waals surface area contributed by atoms with Gasteiger partial charge >= 0.3 is 0 Å². The molecule has 0 radical (unpaired) electrons. The van der Waals surface area contributed by atoms with Crippen molar-refractivity contribution < 1.29 is 9.84 Å². The summed E-state index contributed by atoms with van der Waals surface area (Å²) in [5.41, 5.74) is 6.89. The van der Waals surface area contributed by atoms with E-state index in [0.717, 1.165) is 24.3 Å². The van der Waals surface area contributed by atoms with Crippen LogP contribution in [0.2, 0.25) is 0 Å². The van der Waals surface area contributed by atoms with Crippen LogP contribution < -0.4 is 10.5 Å². The normalized spacial score (nSPS) is 11.7. The monoisotopic (exact) mass is 245 g/mol. The molecule has 0 saturated carbocycles. The molecular formula is C12H20ClNO2. The predicted molar refractivity (Wildman–Crippen MR) is 68.1 cm³/mol. The molecule has 0 aliphatic rings. The van der Waals surface area contributed by atoms with Gasteiger partial charge in [0.25, 0.3) is 0 Å². The fourth-order valence-corrected chi connectivity index (χ4v) is 1.34. The van der Waals surface area contributed by atoms with Crippen LogP contribution in [0.25, 0.3) is 0 Å². The zero-order valence-corrected chi connectivity index (χ0v) is 10.4. The summed E-state index contributed by atoms with van der Waals surface area (Å²) in [5, 5.41) is 8.76. The minimum Gasteiger partial charge on any atom is -0.494 e. The summed E-state index contributed by atoms with van der Waals surface area (Å²) in [4.78, 5) is 0. The fourth-order valence-electron chi connectivity index (χ4n) is 1.34. The highest BCUT2D eigenvalue weighted by Gasteiger charge is 2.04. The van der Waals surface area contributed by atoms with Crippen molar-refractivity contribution in [1.82, 2.24) is 0 Å². The number of ether oxygens (including phenoxy) is 1. The minimum absolute atomic E-state index is 0. The van der Waals surface area contributed by atoms with Crippen molar-refractivity contribution >= 4 is 12.4 Å². The van der Waals surface area contributed by atoms with Crippen LogP contribution >= 0.6 is 12.4 Å². The number of aliphatic hydroxyl groups is 1. The maximum atomic E-state index is 8.76. The second-order valence-electron chi connectivity index (χ2n) is 3.54. The molecule has 16 heavy (non-hydrogen) atoms. The first-order valence-corrected chi connectivity index (χ1v) is 5.37. The van der Waals surface area contributed by atoms with Gasteiger partial charge in [0.15, 0.2) is 0 Å². The van der Waals surface area contributed by atoms with Crippen LogP contribution in [-0.2, 0) is 0 Å². The summed E-state index contributed by atoms with van der Waals surface area (Å²) in [6.45, 7) is 2.93. The number of rotatable bonds is 6. The zero-order valence-electron chi connectivity index (χ0n) is 9.56. The van der Waals surface area contributed by atoms with E-state index in [1.807, 2.05) is 24.3 Å². The summed E-state index contributed by atoms with van der Waals surface area (Å²) in [6.07, 6.45) is 1.60. The van der Waals surface area contributed by atoms with Gasteiger partial charge in [-0.25, -0.2) is 0 Å². The van der Waals surface area contributed by atoms with Crippen molar-refractivity contribution in [2.24, 2.45) is 5.73 Å². The average molecular weight is 246 g/mol. The largest absolute Gasteiger partial charge is 0.494 e. The molecular weight excluding hydrogens is 226 g/mol. The van der Waals surface area contributed by atoms with Gasteiger partial charge in [0.05, 0.1) is 6.61 Å². The van der Waals surface area contributed by atoms with E-state index in [1.165, 1.54) is 0 Å². The lowest BCUT2D eigenvalue weighted by molar-refractivity contribution is 0.276. The van der Waals surface area contributed by atoms with E-state index in [2.05, 4.69) is 6.92 Å². The van der Waals surface area contributed by atoms with Crippen LogP contribution in [0.3, 0.4) is 0 Å². The quantitative estimate of drug-likeness (QED) is 0.809. The van der Waals surface area contributed by atoms with E-state index in [9.17, 15) is 0 Å². The lowest BCUT2D eigenvalue weighted by atomic mass is 10.1. The van der Waals surface area contributed by atoms with Crippen LogP contribution in [0.15, 0.2) is 24.3 Å². The van der Waals surface area contributed by atoms with Crippen LogP contribution in [0.1, 0.15) is 31.4 Å². The molecule has 3 N–H and O–H groups in total. The summed E-state index contributed by atoms with van der Waals surface area (Å²) in [6, 6.07) is 7.65. The Kier molecular flexibility index (Phi) is 7.99. The molecule has 92 valence electrons. The number of benzene rings is 1. The molecule has 0 aliphatic carbocycles. The van der Waals surface area contributed by atoms with E-state index in [-0.39, 0.29) is 25.1 Å². The van der Waals surface area contributed by atoms with Gasteiger partial charge in [0, 0.05) is 12.6 Å². The first kappa shape index (κ1) is 15.2. The number of aliphatic hydroxyl groups excluding tert-OH is 1. The third-order valence-corrected chi connectivity index (χ3v) is 2.22. The van der Waals surface area contributed by atoms with Gasteiger partial charge in [-0.2, -0.15) is 0 Å². The van der Waals surface area contributed by atoms with E-state index < -0.39 is 0 Å². The third-order valence-electron chi connectivity index (χ3n) is 2.22. The second-order valence-corrected chi connectivity index (χ2v) is 3.54. The van der Waals surface area contributed by atoms with Crippen molar-refractivity contribution in [2.45, 2.75) is 25.8 Å². The molecule has 0 aliphatic heterocycles. The highest BCUT2D eigenvalue weighted by molar-refractivity contribution is 5.85. The SMILES string of the molecule is CCCOc1ccc(C(N)CCO)cc1.Cl. The molecule has 0 saturated heterocycles. The van der Waals surface area contributed by atoms with Gasteiger partial charge in [-0.15, -0.1) is 12.4 Å². The van der Waals surface area contributed by atoms with Crippen molar-refractivity contribution in [1.29, 1.82) is 0 Å². The topological polar surface area (TPSA) is 55.5 Å². The molecule has 1 rings (SSSR count).